The summed E-state index contributed by atoms with van der Waals surface area (Å²) in [7, 11) is 0. The van der Waals surface area contributed by atoms with Crippen molar-refractivity contribution in [2.24, 2.45) is 17.3 Å². The zero-order chi connectivity index (χ0) is 8.65. The molecule has 1 aliphatic rings. The molecule has 0 amide bonds. The van der Waals surface area contributed by atoms with Crippen LogP contribution in [0.1, 0.15) is 41.0 Å². The van der Waals surface area contributed by atoms with Gasteiger partial charge >= 0.3 is 0 Å². The van der Waals surface area contributed by atoms with Crippen molar-refractivity contribution in [2.75, 3.05) is 0 Å². The van der Waals surface area contributed by atoms with Crippen molar-refractivity contribution in [1.29, 1.82) is 0 Å². The Morgan fingerprint density at radius 2 is 2.09 bits per heavy atom. The number of allylic oxidation sites excluding steroid dienone is 2. The molecule has 0 bridgehead atoms. The van der Waals surface area contributed by atoms with E-state index in [0.717, 1.165) is 11.8 Å². The maximum atomic E-state index is 2.41. The molecule has 0 aromatic heterocycles. The lowest BCUT2D eigenvalue weighted by atomic mass is 9.54. The summed E-state index contributed by atoms with van der Waals surface area (Å²) < 4.78 is 0. The molecule has 1 fully saturated rings. The van der Waals surface area contributed by atoms with Crippen LogP contribution in [0.3, 0.4) is 0 Å². The summed E-state index contributed by atoms with van der Waals surface area (Å²) in [6, 6.07) is 0. The van der Waals surface area contributed by atoms with Gasteiger partial charge in [-0.2, -0.15) is 0 Å². The topological polar surface area (TPSA) is 0 Å². The Morgan fingerprint density at radius 3 is 2.36 bits per heavy atom. The summed E-state index contributed by atoms with van der Waals surface area (Å²) in [5.41, 5.74) is 2.24. The summed E-state index contributed by atoms with van der Waals surface area (Å²) in [6.45, 7) is 11.6. The Bertz CT molecular complexity index is 176. The number of rotatable bonds is 1. The molecular weight excluding hydrogens is 132 g/mol. The predicted molar refractivity (Wildman–Crippen MR) is 50.5 cm³/mol. The molecule has 2 unspecified atom stereocenters. The summed E-state index contributed by atoms with van der Waals surface area (Å²) in [6.07, 6.45) is 3.61. The minimum Gasteiger partial charge on any atom is -0.0881 e. The minimum absolute atomic E-state index is 0.585. The minimum atomic E-state index is 0.585. The molecule has 1 aliphatic carbocycles. The van der Waals surface area contributed by atoms with Crippen molar-refractivity contribution in [3.63, 3.8) is 0 Å². The lowest BCUT2D eigenvalue weighted by Gasteiger charge is -2.51. The number of hydrogen-bond acceptors (Lipinski definition) is 0. The van der Waals surface area contributed by atoms with Crippen LogP contribution in [-0.4, -0.2) is 0 Å². The fraction of sp³-hybridized carbons (Fsp3) is 0.818. The largest absolute Gasteiger partial charge is 0.0881 e. The van der Waals surface area contributed by atoms with Crippen molar-refractivity contribution in [3.05, 3.63) is 11.6 Å². The van der Waals surface area contributed by atoms with E-state index in [1.54, 1.807) is 5.57 Å². The SMILES string of the molecule is CC=C1CC(C)(C(C)C)C1C. The van der Waals surface area contributed by atoms with Crippen LogP contribution in [0.15, 0.2) is 11.6 Å². The van der Waals surface area contributed by atoms with Crippen molar-refractivity contribution in [2.45, 2.75) is 41.0 Å². The molecule has 0 aromatic carbocycles. The van der Waals surface area contributed by atoms with E-state index in [1.807, 2.05) is 0 Å². The van der Waals surface area contributed by atoms with Crippen molar-refractivity contribution in [3.8, 4) is 0 Å². The van der Waals surface area contributed by atoms with Gasteiger partial charge in [-0.25, -0.2) is 0 Å². The van der Waals surface area contributed by atoms with Gasteiger partial charge in [0.25, 0.3) is 0 Å². The average molecular weight is 152 g/mol. The van der Waals surface area contributed by atoms with E-state index in [9.17, 15) is 0 Å². The summed E-state index contributed by atoms with van der Waals surface area (Å²) >= 11 is 0. The normalized spacial score (nSPS) is 41.3. The monoisotopic (exact) mass is 152 g/mol. The Labute approximate surface area is 70.7 Å². The zero-order valence-electron chi connectivity index (χ0n) is 8.44. The molecule has 1 saturated carbocycles. The van der Waals surface area contributed by atoms with Gasteiger partial charge in [0, 0.05) is 0 Å². The van der Waals surface area contributed by atoms with E-state index in [4.69, 9.17) is 0 Å². The average Bonchev–Trinajstić information content (AvgIpc) is 1.98. The van der Waals surface area contributed by atoms with Gasteiger partial charge in [-0.15, -0.1) is 0 Å². The Hall–Kier alpha value is -0.260. The summed E-state index contributed by atoms with van der Waals surface area (Å²) in [4.78, 5) is 0. The molecule has 0 N–H and O–H groups in total. The summed E-state index contributed by atoms with van der Waals surface area (Å²) in [5, 5.41) is 0. The van der Waals surface area contributed by atoms with Crippen LogP contribution in [0.4, 0.5) is 0 Å². The molecule has 0 aliphatic heterocycles. The lowest BCUT2D eigenvalue weighted by Crippen LogP contribution is -2.42. The molecule has 64 valence electrons. The Balaban J connectivity index is 2.69. The highest BCUT2D eigenvalue weighted by Gasteiger charge is 2.45. The van der Waals surface area contributed by atoms with Gasteiger partial charge in [-0.1, -0.05) is 39.3 Å². The maximum Gasteiger partial charge on any atom is -0.0172 e. The van der Waals surface area contributed by atoms with Crippen LogP contribution in [-0.2, 0) is 0 Å². The first-order valence-corrected chi connectivity index (χ1v) is 4.67. The smallest absolute Gasteiger partial charge is 0.0172 e. The first-order chi connectivity index (χ1) is 5.02. The van der Waals surface area contributed by atoms with Gasteiger partial charge in [-0.3, -0.25) is 0 Å². The van der Waals surface area contributed by atoms with E-state index >= 15 is 0 Å². The second-order valence-corrected chi connectivity index (χ2v) is 4.42. The zero-order valence-corrected chi connectivity index (χ0v) is 8.44. The molecule has 11 heavy (non-hydrogen) atoms. The molecule has 0 aromatic rings. The van der Waals surface area contributed by atoms with E-state index in [1.165, 1.54) is 6.42 Å². The van der Waals surface area contributed by atoms with Crippen LogP contribution in [0.2, 0.25) is 0 Å². The molecule has 0 saturated heterocycles. The molecule has 0 nitrogen and oxygen atoms in total. The third-order valence-corrected chi connectivity index (χ3v) is 3.82. The molecule has 0 radical (unpaired) electrons. The number of hydrogen-bond donors (Lipinski definition) is 0. The van der Waals surface area contributed by atoms with Gasteiger partial charge in [0.05, 0.1) is 0 Å². The fourth-order valence-corrected chi connectivity index (χ4v) is 2.09. The van der Waals surface area contributed by atoms with Crippen LogP contribution < -0.4 is 0 Å². The highest BCUT2D eigenvalue weighted by atomic mass is 14.5. The van der Waals surface area contributed by atoms with E-state index in [-0.39, 0.29) is 0 Å². The molecule has 0 spiro atoms. The standard InChI is InChI=1S/C11H20/c1-6-10-7-11(5,8(2)3)9(10)4/h6,8-9H,7H2,1-5H3. The molecule has 0 heteroatoms. The molecule has 0 heterocycles. The van der Waals surface area contributed by atoms with Gasteiger partial charge in [0.15, 0.2) is 0 Å². The van der Waals surface area contributed by atoms with Gasteiger partial charge in [0.2, 0.25) is 0 Å². The Kier molecular flexibility index (Phi) is 2.13. The lowest BCUT2D eigenvalue weighted by molar-refractivity contribution is 0.0777. The third kappa shape index (κ3) is 1.13. The van der Waals surface area contributed by atoms with Crippen LogP contribution in [0.25, 0.3) is 0 Å². The van der Waals surface area contributed by atoms with Gasteiger partial charge in [0.1, 0.15) is 0 Å². The van der Waals surface area contributed by atoms with Crippen LogP contribution in [0, 0.1) is 17.3 Å². The Morgan fingerprint density at radius 1 is 1.55 bits per heavy atom. The second kappa shape index (κ2) is 2.66. The second-order valence-electron chi connectivity index (χ2n) is 4.42. The van der Waals surface area contributed by atoms with Crippen molar-refractivity contribution in [1.82, 2.24) is 0 Å². The van der Waals surface area contributed by atoms with Crippen molar-refractivity contribution >= 4 is 0 Å². The molecule has 2 atom stereocenters. The predicted octanol–water partition coefficient (Wildman–Crippen LogP) is 3.63. The fourth-order valence-electron chi connectivity index (χ4n) is 2.09. The molecule has 1 rings (SSSR count). The van der Waals surface area contributed by atoms with Gasteiger partial charge < -0.3 is 0 Å². The quantitative estimate of drug-likeness (QED) is 0.503. The first-order valence-electron chi connectivity index (χ1n) is 4.67. The summed E-state index contributed by atoms with van der Waals surface area (Å²) in [5.74, 6) is 1.63. The van der Waals surface area contributed by atoms with E-state index < -0.39 is 0 Å². The van der Waals surface area contributed by atoms with E-state index in [2.05, 4.69) is 40.7 Å². The van der Waals surface area contributed by atoms with Crippen LogP contribution >= 0.6 is 0 Å². The van der Waals surface area contributed by atoms with Gasteiger partial charge in [-0.05, 0) is 30.6 Å². The third-order valence-electron chi connectivity index (χ3n) is 3.82. The molecular formula is C11H20. The van der Waals surface area contributed by atoms with Crippen molar-refractivity contribution < 1.29 is 0 Å². The highest BCUT2D eigenvalue weighted by molar-refractivity contribution is 5.22. The van der Waals surface area contributed by atoms with E-state index in [0.29, 0.717) is 5.41 Å². The maximum absolute atomic E-state index is 2.41. The highest BCUT2D eigenvalue weighted by Crippen LogP contribution is 2.54. The van der Waals surface area contributed by atoms with Crippen LogP contribution in [0.5, 0.6) is 0 Å². The first kappa shape index (κ1) is 8.83.